The molecule has 0 radical (unpaired) electrons. The molecule has 0 aromatic heterocycles. The number of nitrogens with zero attached hydrogens (tertiary/aromatic N) is 1. The van der Waals surface area contributed by atoms with Gasteiger partial charge >= 0.3 is 11.9 Å². The molecular formula is C72H132NO8P. The zero-order chi connectivity index (χ0) is 59.8. The molecule has 82 heavy (non-hydrogen) atoms. The number of allylic oxidation sites excluding steroid dienone is 12. The molecule has 0 spiro atoms. The first kappa shape index (κ1) is 79.5. The van der Waals surface area contributed by atoms with Crippen molar-refractivity contribution in [3.8, 4) is 0 Å². The van der Waals surface area contributed by atoms with E-state index in [-0.39, 0.29) is 32.0 Å². The van der Waals surface area contributed by atoms with Crippen molar-refractivity contribution in [1.82, 2.24) is 0 Å². The minimum absolute atomic E-state index is 0.0321. The number of esters is 2. The summed E-state index contributed by atoms with van der Waals surface area (Å²) in [6, 6.07) is 0. The van der Waals surface area contributed by atoms with Crippen LogP contribution in [0.1, 0.15) is 322 Å². The molecule has 0 aromatic carbocycles. The first-order valence-electron chi connectivity index (χ1n) is 34.6. The summed E-state index contributed by atoms with van der Waals surface area (Å²) >= 11 is 0. The van der Waals surface area contributed by atoms with Crippen LogP contribution in [0.15, 0.2) is 72.9 Å². The van der Waals surface area contributed by atoms with Gasteiger partial charge in [0.25, 0.3) is 7.82 Å². The molecule has 2 unspecified atom stereocenters. The van der Waals surface area contributed by atoms with E-state index < -0.39 is 26.5 Å². The Morgan fingerprint density at radius 3 is 0.976 bits per heavy atom. The van der Waals surface area contributed by atoms with Gasteiger partial charge in [0.05, 0.1) is 27.7 Å². The summed E-state index contributed by atoms with van der Waals surface area (Å²) in [5.74, 6) is -0.825. The third kappa shape index (κ3) is 66.6. The van der Waals surface area contributed by atoms with Crippen LogP contribution in [0.5, 0.6) is 0 Å². The Morgan fingerprint density at radius 1 is 0.378 bits per heavy atom. The number of quaternary nitrogens is 1. The van der Waals surface area contributed by atoms with Gasteiger partial charge in [0, 0.05) is 12.8 Å². The lowest BCUT2D eigenvalue weighted by Gasteiger charge is -2.28. The summed E-state index contributed by atoms with van der Waals surface area (Å²) in [7, 11) is 1.17. The van der Waals surface area contributed by atoms with E-state index in [0.717, 1.165) is 64.2 Å². The number of likely N-dealkylation sites (N-methyl/N-ethyl adjacent to an activating group) is 1. The average Bonchev–Trinajstić information content (AvgIpc) is 3.46. The Balaban J connectivity index is 4.05. The van der Waals surface area contributed by atoms with Crippen molar-refractivity contribution in [1.29, 1.82) is 0 Å². The van der Waals surface area contributed by atoms with Gasteiger partial charge in [-0.15, -0.1) is 0 Å². The highest BCUT2D eigenvalue weighted by Gasteiger charge is 2.22. The Labute approximate surface area is 508 Å². The lowest BCUT2D eigenvalue weighted by molar-refractivity contribution is -0.870. The maximum Gasteiger partial charge on any atom is 0.306 e. The number of carbonyl (C=O) groups excluding carboxylic acids is 2. The van der Waals surface area contributed by atoms with Crippen LogP contribution >= 0.6 is 7.82 Å². The standard InChI is InChI=1S/C72H132NO8P/c1-6-8-10-12-14-16-18-20-22-24-26-28-30-32-34-35-36-37-39-41-43-45-47-49-51-53-55-57-59-61-63-65-72(75)81-70(69-80-82(76,77)79-67-66-73(3,4)5)68-78-71(74)64-62-60-58-56-54-52-50-48-46-44-42-40-38-33-31-29-27-25-23-21-19-17-15-13-11-9-7-2/h18-21,24-27,30-33,70H,6-17,22-23,28-29,34-69H2,1-5H3/b20-18-,21-19-,26-24-,27-25-,32-30-,33-31-. The van der Waals surface area contributed by atoms with E-state index in [1.54, 1.807) is 0 Å². The molecule has 0 rings (SSSR count). The monoisotopic (exact) mass is 1170 g/mol. The van der Waals surface area contributed by atoms with Crippen molar-refractivity contribution in [2.45, 2.75) is 328 Å². The highest BCUT2D eigenvalue weighted by molar-refractivity contribution is 7.45. The maximum atomic E-state index is 12.9. The van der Waals surface area contributed by atoms with Crippen molar-refractivity contribution < 1.29 is 42.1 Å². The van der Waals surface area contributed by atoms with Gasteiger partial charge in [-0.1, -0.05) is 292 Å². The minimum Gasteiger partial charge on any atom is -0.756 e. The van der Waals surface area contributed by atoms with Crippen LogP contribution in [-0.4, -0.2) is 70.0 Å². The number of hydrogen-bond donors (Lipinski definition) is 0. The van der Waals surface area contributed by atoms with Gasteiger partial charge in [-0.25, -0.2) is 0 Å². The van der Waals surface area contributed by atoms with Gasteiger partial charge < -0.3 is 27.9 Å². The maximum absolute atomic E-state index is 12.9. The molecule has 478 valence electrons. The van der Waals surface area contributed by atoms with E-state index >= 15 is 0 Å². The largest absolute Gasteiger partial charge is 0.756 e. The molecule has 0 N–H and O–H groups in total. The van der Waals surface area contributed by atoms with Gasteiger partial charge in [-0.3, -0.25) is 14.2 Å². The normalized spacial score (nSPS) is 13.6. The molecule has 0 fully saturated rings. The number of rotatable bonds is 64. The van der Waals surface area contributed by atoms with Crippen molar-refractivity contribution in [3.05, 3.63) is 72.9 Å². The third-order valence-electron chi connectivity index (χ3n) is 15.2. The second-order valence-corrected chi connectivity index (χ2v) is 25.9. The Morgan fingerprint density at radius 2 is 0.659 bits per heavy atom. The fraction of sp³-hybridized carbons (Fsp3) is 0.806. The molecule has 2 atom stereocenters. The van der Waals surface area contributed by atoms with Crippen LogP contribution in [0.25, 0.3) is 0 Å². The zero-order valence-corrected chi connectivity index (χ0v) is 55.3. The van der Waals surface area contributed by atoms with Crippen LogP contribution in [0.3, 0.4) is 0 Å². The van der Waals surface area contributed by atoms with Crippen LogP contribution in [0.2, 0.25) is 0 Å². The van der Waals surface area contributed by atoms with E-state index in [0.29, 0.717) is 17.4 Å². The minimum atomic E-state index is -4.64. The Hall–Kier alpha value is -2.55. The predicted octanol–water partition coefficient (Wildman–Crippen LogP) is 21.8. The quantitative estimate of drug-likeness (QED) is 0.0195. The summed E-state index contributed by atoms with van der Waals surface area (Å²) in [6.45, 7) is 4.25. The molecular weight excluding hydrogens is 1040 g/mol. The van der Waals surface area contributed by atoms with Crippen molar-refractivity contribution >= 4 is 19.8 Å². The van der Waals surface area contributed by atoms with Gasteiger partial charge in [-0.05, 0) is 89.9 Å². The lowest BCUT2D eigenvalue weighted by atomic mass is 10.0. The molecule has 0 amide bonds. The van der Waals surface area contributed by atoms with E-state index in [4.69, 9.17) is 18.5 Å². The third-order valence-corrected chi connectivity index (χ3v) is 16.2. The van der Waals surface area contributed by atoms with Crippen LogP contribution < -0.4 is 4.89 Å². The second-order valence-electron chi connectivity index (χ2n) is 24.5. The first-order chi connectivity index (χ1) is 40.0. The van der Waals surface area contributed by atoms with Crippen molar-refractivity contribution in [2.24, 2.45) is 0 Å². The van der Waals surface area contributed by atoms with Gasteiger partial charge in [0.15, 0.2) is 6.10 Å². The van der Waals surface area contributed by atoms with Crippen LogP contribution in [0, 0.1) is 0 Å². The van der Waals surface area contributed by atoms with E-state index in [2.05, 4.69) is 86.8 Å². The number of unbranched alkanes of at least 4 members (excludes halogenated alkanes) is 38. The smallest absolute Gasteiger partial charge is 0.306 e. The van der Waals surface area contributed by atoms with Gasteiger partial charge in [0.2, 0.25) is 0 Å². The van der Waals surface area contributed by atoms with E-state index in [1.807, 2.05) is 21.1 Å². The summed E-state index contributed by atoms with van der Waals surface area (Å²) in [5.41, 5.74) is 0. The van der Waals surface area contributed by atoms with Crippen LogP contribution in [0.4, 0.5) is 0 Å². The molecule has 0 aliphatic carbocycles. The predicted molar refractivity (Wildman–Crippen MR) is 351 cm³/mol. The summed E-state index contributed by atoms with van der Waals surface area (Å²) in [4.78, 5) is 38.1. The van der Waals surface area contributed by atoms with Crippen molar-refractivity contribution in [2.75, 3.05) is 47.5 Å². The molecule has 0 aromatic rings. The molecule has 0 aliphatic rings. The summed E-state index contributed by atoms with van der Waals surface area (Å²) in [5, 5.41) is 0. The van der Waals surface area contributed by atoms with Gasteiger partial charge in [-0.2, -0.15) is 0 Å². The number of ether oxygens (including phenoxy) is 2. The molecule has 0 saturated heterocycles. The first-order valence-corrected chi connectivity index (χ1v) is 36.1. The highest BCUT2D eigenvalue weighted by Crippen LogP contribution is 2.38. The average molecular weight is 1170 g/mol. The fourth-order valence-corrected chi connectivity index (χ4v) is 10.6. The van der Waals surface area contributed by atoms with Gasteiger partial charge in [0.1, 0.15) is 19.8 Å². The summed E-state index contributed by atoms with van der Waals surface area (Å²) < 4.78 is 34.3. The fourth-order valence-electron chi connectivity index (χ4n) is 9.85. The van der Waals surface area contributed by atoms with E-state index in [9.17, 15) is 19.0 Å². The molecule has 0 heterocycles. The molecule has 0 aliphatic heterocycles. The zero-order valence-electron chi connectivity index (χ0n) is 54.4. The highest BCUT2D eigenvalue weighted by atomic mass is 31.2. The lowest BCUT2D eigenvalue weighted by Crippen LogP contribution is -2.37. The molecule has 9 nitrogen and oxygen atoms in total. The Bertz CT molecular complexity index is 1610. The second kappa shape index (κ2) is 63.0. The number of carbonyl (C=O) groups is 2. The number of hydrogen-bond acceptors (Lipinski definition) is 8. The van der Waals surface area contributed by atoms with Crippen LogP contribution in [-0.2, 0) is 32.7 Å². The Kier molecular flexibility index (Phi) is 61.0. The van der Waals surface area contributed by atoms with Crippen molar-refractivity contribution in [3.63, 3.8) is 0 Å². The van der Waals surface area contributed by atoms with E-state index in [1.165, 1.54) is 225 Å². The summed E-state index contributed by atoms with van der Waals surface area (Å²) in [6.07, 6.45) is 84.0. The molecule has 0 saturated carbocycles. The topological polar surface area (TPSA) is 111 Å². The number of phosphoric acid groups is 1. The SMILES string of the molecule is CCCCCCC/C=C\C/C=C\C/C=C\CCCCCCCCCCCCCCCCCCC(=O)OC(COC(=O)CCCCCCCCCCCCCC/C=C\C/C=C\C/C=C\CCCCCCC)COP(=O)([O-])OCC[N+](C)(C)C. The number of phosphoric ester groups is 1. The molecule has 0 bridgehead atoms. The molecule has 10 heteroatoms.